The fourth-order valence-electron chi connectivity index (χ4n) is 5.85. The molecule has 3 aliphatic rings. The highest BCUT2D eigenvalue weighted by Crippen LogP contribution is 2.53. The van der Waals surface area contributed by atoms with Gasteiger partial charge in [0.05, 0.1) is 25.2 Å². The Morgan fingerprint density at radius 3 is 2.37 bits per heavy atom. The second-order valence-electron chi connectivity index (χ2n) is 9.78. The Balaban J connectivity index is 1.36. The molecule has 9 heteroatoms. The SMILES string of the molecule is COc1ccc(OC)c2c1[C@@H](c1cccc(NS(=O)(=O)c3ccc4c(c3)OCCO4)c1)O[C@H]1CCCC[C@H]21. The molecule has 38 heavy (non-hydrogen) atoms. The highest BCUT2D eigenvalue weighted by molar-refractivity contribution is 7.92. The van der Waals surface area contributed by atoms with E-state index in [-0.39, 0.29) is 16.9 Å². The third-order valence-corrected chi connectivity index (χ3v) is 8.94. The van der Waals surface area contributed by atoms with Gasteiger partial charge in [0.15, 0.2) is 11.5 Å². The lowest BCUT2D eigenvalue weighted by Gasteiger charge is -2.42. The highest BCUT2D eigenvalue weighted by Gasteiger charge is 2.41. The molecule has 0 radical (unpaired) electrons. The minimum atomic E-state index is -3.87. The van der Waals surface area contributed by atoms with E-state index in [9.17, 15) is 8.42 Å². The minimum Gasteiger partial charge on any atom is -0.496 e. The van der Waals surface area contributed by atoms with Crippen LogP contribution < -0.4 is 23.7 Å². The summed E-state index contributed by atoms with van der Waals surface area (Å²) in [6.45, 7) is 0.819. The van der Waals surface area contributed by atoms with Crippen LogP contribution in [0.2, 0.25) is 0 Å². The third-order valence-electron chi connectivity index (χ3n) is 7.56. The van der Waals surface area contributed by atoms with Gasteiger partial charge in [-0.15, -0.1) is 0 Å². The van der Waals surface area contributed by atoms with E-state index in [4.69, 9.17) is 23.7 Å². The summed E-state index contributed by atoms with van der Waals surface area (Å²) >= 11 is 0. The Hall–Kier alpha value is -3.43. The van der Waals surface area contributed by atoms with Crippen LogP contribution in [0.15, 0.2) is 59.5 Å². The molecule has 0 spiro atoms. The summed E-state index contributed by atoms with van der Waals surface area (Å²) in [6.07, 6.45) is 3.89. The molecule has 1 fully saturated rings. The largest absolute Gasteiger partial charge is 0.496 e. The van der Waals surface area contributed by atoms with Gasteiger partial charge in [0.2, 0.25) is 0 Å². The summed E-state index contributed by atoms with van der Waals surface area (Å²) in [6, 6.07) is 15.8. The monoisotopic (exact) mass is 537 g/mol. The summed E-state index contributed by atoms with van der Waals surface area (Å²) in [7, 11) is -0.520. The standard InChI is InChI=1S/C29H31NO7S/c1-33-24-12-13-25(34-2)28-27(24)21-8-3-4-9-22(21)37-29(28)18-6-5-7-19(16-18)30-38(31,32)20-10-11-23-26(17-20)36-15-14-35-23/h5-7,10-13,16-17,21-22,29-30H,3-4,8-9,14-15H2,1-2H3/t21-,22-,29+/m0/s1. The quantitative estimate of drug-likeness (QED) is 0.449. The number of fused-ring (bicyclic) bond motifs is 4. The summed E-state index contributed by atoms with van der Waals surface area (Å²) in [5.41, 5.74) is 3.36. The number of anilines is 1. The predicted octanol–water partition coefficient (Wildman–Crippen LogP) is 5.42. The number of sulfonamides is 1. The Morgan fingerprint density at radius 2 is 1.58 bits per heavy atom. The van der Waals surface area contributed by atoms with Gasteiger partial charge in [-0.25, -0.2) is 8.42 Å². The van der Waals surface area contributed by atoms with Gasteiger partial charge in [0.1, 0.15) is 30.8 Å². The second kappa shape index (κ2) is 10.0. The van der Waals surface area contributed by atoms with Crippen LogP contribution in [0, 0.1) is 0 Å². The van der Waals surface area contributed by atoms with E-state index < -0.39 is 16.1 Å². The first kappa shape index (κ1) is 24.9. The zero-order chi connectivity index (χ0) is 26.3. The van der Waals surface area contributed by atoms with Crippen molar-refractivity contribution in [2.45, 2.75) is 48.7 Å². The molecule has 0 saturated heterocycles. The van der Waals surface area contributed by atoms with Crippen molar-refractivity contribution < 1.29 is 32.1 Å². The molecule has 200 valence electrons. The normalized spacial score (nSPS) is 22.1. The van der Waals surface area contributed by atoms with E-state index in [1.807, 2.05) is 30.3 Å². The first-order chi connectivity index (χ1) is 18.5. The number of nitrogens with one attached hydrogen (secondary N) is 1. The molecule has 0 aromatic heterocycles. The zero-order valence-electron chi connectivity index (χ0n) is 21.4. The molecule has 1 N–H and O–H groups in total. The van der Waals surface area contributed by atoms with Gasteiger partial charge < -0.3 is 23.7 Å². The van der Waals surface area contributed by atoms with E-state index in [2.05, 4.69) is 4.72 Å². The summed E-state index contributed by atoms with van der Waals surface area (Å²) in [5.74, 6) is 2.76. The van der Waals surface area contributed by atoms with E-state index in [1.54, 1.807) is 26.4 Å². The van der Waals surface area contributed by atoms with Crippen LogP contribution in [0.1, 0.15) is 54.4 Å². The predicted molar refractivity (Wildman–Crippen MR) is 142 cm³/mol. The van der Waals surface area contributed by atoms with Crippen molar-refractivity contribution in [1.29, 1.82) is 0 Å². The van der Waals surface area contributed by atoms with E-state index in [0.29, 0.717) is 30.4 Å². The van der Waals surface area contributed by atoms with Gasteiger partial charge in [-0.1, -0.05) is 25.0 Å². The summed E-state index contributed by atoms with van der Waals surface area (Å²) in [4.78, 5) is 0.0999. The maximum absolute atomic E-state index is 13.3. The molecule has 1 aliphatic carbocycles. The van der Waals surface area contributed by atoms with Crippen LogP contribution in [-0.4, -0.2) is 42.0 Å². The number of hydrogen-bond donors (Lipinski definition) is 1. The molecule has 3 aromatic carbocycles. The van der Waals surface area contributed by atoms with Gasteiger partial charge in [-0.2, -0.15) is 0 Å². The molecule has 2 heterocycles. The minimum absolute atomic E-state index is 0.0559. The fraction of sp³-hybridized carbons (Fsp3) is 0.379. The van der Waals surface area contributed by atoms with Gasteiger partial charge in [0, 0.05) is 28.8 Å². The maximum Gasteiger partial charge on any atom is 0.262 e. The molecular weight excluding hydrogens is 506 g/mol. The average Bonchev–Trinajstić information content (AvgIpc) is 2.95. The van der Waals surface area contributed by atoms with Crippen LogP contribution >= 0.6 is 0 Å². The van der Waals surface area contributed by atoms with Crippen LogP contribution in [0.3, 0.4) is 0 Å². The lowest BCUT2D eigenvalue weighted by Crippen LogP contribution is -2.34. The van der Waals surface area contributed by atoms with Crippen LogP contribution in [0.4, 0.5) is 5.69 Å². The molecule has 3 aromatic rings. The van der Waals surface area contributed by atoms with Crippen LogP contribution in [-0.2, 0) is 14.8 Å². The molecule has 6 rings (SSSR count). The highest BCUT2D eigenvalue weighted by atomic mass is 32.2. The van der Waals surface area contributed by atoms with Gasteiger partial charge in [-0.05, 0) is 54.8 Å². The Kier molecular flexibility index (Phi) is 6.57. The van der Waals surface area contributed by atoms with Gasteiger partial charge >= 0.3 is 0 Å². The number of rotatable bonds is 6. The van der Waals surface area contributed by atoms with E-state index in [1.165, 1.54) is 12.1 Å². The first-order valence-electron chi connectivity index (χ1n) is 12.9. The lowest BCUT2D eigenvalue weighted by atomic mass is 9.75. The molecule has 1 saturated carbocycles. The molecule has 3 atom stereocenters. The van der Waals surface area contributed by atoms with Crippen molar-refractivity contribution in [1.82, 2.24) is 0 Å². The zero-order valence-corrected chi connectivity index (χ0v) is 22.3. The smallest absolute Gasteiger partial charge is 0.262 e. The van der Waals surface area contributed by atoms with Crippen molar-refractivity contribution in [3.05, 3.63) is 71.3 Å². The van der Waals surface area contributed by atoms with Crippen LogP contribution in [0.25, 0.3) is 0 Å². The maximum atomic E-state index is 13.3. The number of benzene rings is 3. The molecule has 0 unspecified atom stereocenters. The number of methoxy groups -OCH3 is 2. The van der Waals surface area contributed by atoms with Gasteiger partial charge in [-0.3, -0.25) is 4.72 Å². The lowest BCUT2D eigenvalue weighted by molar-refractivity contribution is -0.0406. The third kappa shape index (κ3) is 4.43. The van der Waals surface area contributed by atoms with Crippen LogP contribution in [0.5, 0.6) is 23.0 Å². The van der Waals surface area contributed by atoms with Crippen molar-refractivity contribution in [3.63, 3.8) is 0 Å². The van der Waals surface area contributed by atoms with Crippen molar-refractivity contribution in [2.24, 2.45) is 0 Å². The second-order valence-corrected chi connectivity index (χ2v) is 11.5. The van der Waals surface area contributed by atoms with Crippen molar-refractivity contribution in [2.75, 3.05) is 32.2 Å². The number of ether oxygens (including phenoxy) is 5. The Labute approximate surface area is 222 Å². The first-order valence-corrected chi connectivity index (χ1v) is 14.4. The Bertz CT molecular complexity index is 1460. The van der Waals surface area contributed by atoms with E-state index >= 15 is 0 Å². The van der Waals surface area contributed by atoms with Gasteiger partial charge in [0.25, 0.3) is 10.0 Å². The van der Waals surface area contributed by atoms with E-state index in [0.717, 1.165) is 53.9 Å². The molecular formula is C29H31NO7S. The topological polar surface area (TPSA) is 92.3 Å². The fourth-order valence-corrected chi connectivity index (χ4v) is 6.92. The van der Waals surface area contributed by atoms with Crippen molar-refractivity contribution >= 4 is 15.7 Å². The molecule has 0 bridgehead atoms. The molecule has 8 nitrogen and oxygen atoms in total. The summed E-state index contributed by atoms with van der Waals surface area (Å²) < 4.78 is 58.7. The molecule has 0 amide bonds. The molecule has 2 aliphatic heterocycles. The average molecular weight is 538 g/mol. The van der Waals surface area contributed by atoms with Crippen molar-refractivity contribution in [3.8, 4) is 23.0 Å². The number of hydrogen-bond acceptors (Lipinski definition) is 7. The summed E-state index contributed by atoms with van der Waals surface area (Å²) in [5, 5.41) is 0. The Morgan fingerprint density at radius 1 is 0.842 bits per heavy atom.